The summed E-state index contributed by atoms with van der Waals surface area (Å²) in [5, 5.41) is 2.80. The molecule has 0 spiro atoms. The summed E-state index contributed by atoms with van der Waals surface area (Å²) in [5.41, 5.74) is 5.69. The van der Waals surface area contributed by atoms with Crippen molar-refractivity contribution in [3.8, 4) is 0 Å². The molecule has 0 aromatic rings. The number of carbonyl (C=O) groups is 3. The normalized spacial score (nSPS) is 28.0. The van der Waals surface area contributed by atoms with E-state index in [4.69, 9.17) is 15.2 Å². The molecular formula is C17H29N3O5. The lowest BCUT2D eigenvalue weighted by atomic mass is 9.86. The summed E-state index contributed by atoms with van der Waals surface area (Å²) in [4.78, 5) is 38.4. The average molecular weight is 355 g/mol. The lowest BCUT2D eigenvalue weighted by molar-refractivity contribution is -0.164. The van der Waals surface area contributed by atoms with E-state index in [1.165, 1.54) is 0 Å². The minimum atomic E-state index is -0.774. The van der Waals surface area contributed by atoms with Gasteiger partial charge >= 0.3 is 5.97 Å². The van der Waals surface area contributed by atoms with Crippen LogP contribution in [0.2, 0.25) is 0 Å². The SMILES string of the molecule is CCO[C@@H]1OC(=O)C[C@@H]1NC(=O)[C@@H]1CCCN1C(=O)C(N)C(C)(C)C. The maximum absolute atomic E-state index is 12.7. The fourth-order valence-electron chi connectivity index (χ4n) is 3.10. The lowest BCUT2D eigenvalue weighted by Gasteiger charge is -2.33. The van der Waals surface area contributed by atoms with E-state index in [0.717, 1.165) is 6.42 Å². The molecule has 0 aromatic carbocycles. The van der Waals surface area contributed by atoms with Gasteiger partial charge in [0.05, 0.1) is 12.5 Å². The highest BCUT2D eigenvalue weighted by molar-refractivity contribution is 5.91. The summed E-state index contributed by atoms with van der Waals surface area (Å²) >= 11 is 0. The van der Waals surface area contributed by atoms with E-state index in [0.29, 0.717) is 19.6 Å². The summed E-state index contributed by atoms with van der Waals surface area (Å²) in [5.74, 6) is -0.914. The van der Waals surface area contributed by atoms with Crippen LogP contribution in [0.4, 0.5) is 0 Å². The first-order valence-corrected chi connectivity index (χ1v) is 8.82. The Morgan fingerprint density at radius 3 is 2.72 bits per heavy atom. The summed E-state index contributed by atoms with van der Waals surface area (Å²) in [6.45, 7) is 8.36. The van der Waals surface area contributed by atoms with Crippen molar-refractivity contribution in [3.63, 3.8) is 0 Å². The van der Waals surface area contributed by atoms with Crippen LogP contribution >= 0.6 is 0 Å². The number of ether oxygens (including phenoxy) is 2. The van der Waals surface area contributed by atoms with Crippen molar-refractivity contribution >= 4 is 17.8 Å². The van der Waals surface area contributed by atoms with Gasteiger partial charge in [-0.2, -0.15) is 0 Å². The summed E-state index contributed by atoms with van der Waals surface area (Å²) in [7, 11) is 0. The molecule has 25 heavy (non-hydrogen) atoms. The molecule has 2 fully saturated rings. The van der Waals surface area contributed by atoms with Gasteiger partial charge in [0.15, 0.2) is 0 Å². The van der Waals surface area contributed by atoms with Gasteiger partial charge in [-0.25, -0.2) is 0 Å². The fraction of sp³-hybridized carbons (Fsp3) is 0.824. The zero-order valence-corrected chi connectivity index (χ0v) is 15.4. The van der Waals surface area contributed by atoms with Gasteiger partial charge in [-0.05, 0) is 25.2 Å². The standard InChI is InChI=1S/C17H29N3O5/c1-5-24-16-10(9-12(21)25-16)19-14(22)11-7-6-8-20(11)15(23)13(18)17(2,3)4/h10-11,13,16H,5-9,18H2,1-4H3,(H,19,22)/t10-,11-,13?,16+/m0/s1. The van der Waals surface area contributed by atoms with E-state index >= 15 is 0 Å². The number of cyclic esters (lactones) is 1. The first-order chi connectivity index (χ1) is 11.6. The van der Waals surface area contributed by atoms with E-state index in [1.807, 2.05) is 20.8 Å². The maximum Gasteiger partial charge on any atom is 0.310 e. The quantitative estimate of drug-likeness (QED) is 0.679. The molecule has 0 saturated carbocycles. The van der Waals surface area contributed by atoms with Crippen LogP contribution in [0.3, 0.4) is 0 Å². The zero-order valence-electron chi connectivity index (χ0n) is 15.4. The van der Waals surface area contributed by atoms with Crippen LogP contribution in [0.1, 0.15) is 47.0 Å². The molecule has 3 N–H and O–H groups in total. The molecule has 8 nitrogen and oxygen atoms in total. The van der Waals surface area contributed by atoms with E-state index in [2.05, 4.69) is 5.32 Å². The first kappa shape index (κ1) is 19.7. The van der Waals surface area contributed by atoms with Gasteiger partial charge in [0.2, 0.25) is 18.1 Å². The van der Waals surface area contributed by atoms with Gasteiger partial charge in [0, 0.05) is 13.2 Å². The van der Waals surface area contributed by atoms with E-state index in [9.17, 15) is 14.4 Å². The molecule has 0 bridgehead atoms. The van der Waals surface area contributed by atoms with Crippen LogP contribution in [0, 0.1) is 5.41 Å². The van der Waals surface area contributed by atoms with Crippen LogP contribution in [-0.4, -0.2) is 60.3 Å². The van der Waals surface area contributed by atoms with Crippen LogP contribution in [0.15, 0.2) is 0 Å². The zero-order chi connectivity index (χ0) is 18.8. The Morgan fingerprint density at radius 1 is 1.44 bits per heavy atom. The molecule has 0 radical (unpaired) electrons. The van der Waals surface area contributed by atoms with E-state index in [1.54, 1.807) is 11.8 Å². The average Bonchev–Trinajstić information content (AvgIpc) is 3.12. The summed E-state index contributed by atoms with van der Waals surface area (Å²) < 4.78 is 10.4. The number of hydrogen-bond acceptors (Lipinski definition) is 6. The number of likely N-dealkylation sites (tertiary alicyclic amines) is 1. The van der Waals surface area contributed by atoms with Gasteiger partial charge in [0.1, 0.15) is 12.1 Å². The smallest absolute Gasteiger partial charge is 0.310 e. The number of nitrogens with zero attached hydrogens (tertiary/aromatic N) is 1. The number of esters is 1. The molecule has 2 amide bonds. The van der Waals surface area contributed by atoms with Crippen LogP contribution in [0.5, 0.6) is 0 Å². The second kappa shape index (κ2) is 7.70. The summed E-state index contributed by atoms with van der Waals surface area (Å²) in [6.07, 6.45) is 0.618. The molecule has 2 rings (SSSR count). The van der Waals surface area contributed by atoms with Gasteiger partial charge < -0.3 is 25.4 Å². The van der Waals surface area contributed by atoms with Crippen molar-refractivity contribution in [2.45, 2.75) is 71.4 Å². The van der Waals surface area contributed by atoms with Crippen molar-refractivity contribution in [3.05, 3.63) is 0 Å². The molecule has 2 aliphatic heterocycles. The molecule has 0 aliphatic carbocycles. The van der Waals surface area contributed by atoms with Crippen molar-refractivity contribution < 1.29 is 23.9 Å². The Hall–Kier alpha value is -1.67. The van der Waals surface area contributed by atoms with E-state index in [-0.39, 0.29) is 23.7 Å². The fourth-order valence-corrected chi connectivity index (χ4v) is 3.10. The van der Waals surface area contributed by atoms with Crippen LogP contribution in [-0.2, 0) is 23.9 Å². The number of nitrogens with one attached hydrogen (secondary N) is 1. The Kier molecular flexibility index (Phi) is 6.05. The topological polar surface area (TPSA) is 111 Å². The van der Waals surface area contributed by atoms with Gasteiger partial charge in [0.25, 0.3) is 0 Å². The highest BCUT2D eigenvalue weighted by Gasteiger charge is 2.42. The Morgan fingerprint density at radius 2 is 2.12 bits per heavy atom. The molecule has 2 saturated heterocycles. The first-order valence-electron chi connectivity index (χ1n) is 8.82. The molecule has 2 heterocycles. The van der Waals surface area contributed by atoms with Gasteiger partial charge in [-0.1, -0.05) is 20.8 Å². The molecule has 1 unspecified atom stereocenters. The van der Waals surface area contributed by atoms with Crippen molar-refractivity contribution in [1.82, 2.24) is 10.2 Å². The Balaban J connectivity index is 2.03. The number of hydrogen-bond donors (Lipinski definition) is 2. The highest BCUT2D eigenvalue weighted by Crippen LogP contribution is 2.25. The van der Waals surface area contributed by atoms with Crippen molar-refractivity contribution in [1.29, 1.82) is 0 Å². The second-order valence-electron chi connectivity index (χ2n) is 7.67. The van der Waals surface area contributed by atoms with Crippen LogP contribution < -0.4 is 11.1 Å². The maximum atomic E-state index is 12.7. The monoisotopic (exact) mass is 355 g/mol. The highest BCUT2D eigenvalue weighted by atomic mass is 16.7. The minimum absolute atomic E-state index is 0.0680. The Bertz CT molecular complexity index is 531. The number of carbonyl (C=O) groups excluding carboxylic acids is 3. The third-order valence-corrected chi connectivity index (χ3v) is 4.66. The van der Waals surface area contributed by atoms with Gasteiger partial charge in [-0.3, -0.25) is 14.4 Å². The van der Waals surface area contributed by atoms with Crippen molar-refractivity contribution in [2.24, 2.45) is 11.1 Å². The third kappa shape index (κ3) is 4.49. The Labute approximate surface area is 148 Å². The molecular weight excluding hydrogens is 326 g/mol. The largest absolute Gasteiger partial charge is 0.433 e. The molecule has 4 atom stereocenters. The number of nitrogens with two attached hydrogens (primary N) is 1. The third-order valence-electron chi connectivity index (χ3n) is 4.66. The van der Waals surface area contributed by atoms with Crippen LogP contribution in [0.25, 0.3) is 0 Å². The van der Waals surface area contributed by atoms with E-state index < -0.39 is 30.4 Å². The predicted octanol–water partition coefficient (Wildman–Crippen LogP) is 0.145. The molecule has 8 heteroatoms. The van der Waals surface area contributed by atoms with Gasteiger partial charge in [-0.15, -0.1) is 0 Å². The minimum Gasteiger partial charge on any atom is -0.433 e. The second-order valence-corrected chi connectivity index (χ2v) is 7.67. The lowest BCUT2D eigenvalue weighted by Crippen LogP contribution is -2.56. The van der Waals surface area contributed by atoms with Crippen molar-refractivity contribution in [2.75, 3.05) is 13.2 Å². The predicted molar refractivity (Wildman–Crippen MR) is 90.2 cm³/mol. The molecule has 142 valence electrons. The number of amides is 2. The summed E-state index contributed by atoms with van der Waals surface area (Å²) in [6, 6.07) is -1.78. The molecule has 2 aliphatic rings. The number of rotatable bonds is 5. The molecule has 0 aromatic heterocycles.